The zero-order chi connectivity index (χ0) is 22.6. The van der Waals surface area contributed by atoms with Crippen molar-refractivity contribution in [2.24, 2.45) is 4.99 Å². The minimum absolute atomic E-state index is 0. The van der Waals surface area contributed by atoms with Crippen molar-refractivity contribution >= 4 is 35.8 Å². The number of hydrogen-bond acceptors (Lipinski definition) is 4. The van der Waals surface area contributed by atoms with Crippen LogP contribution in [-0.2, 0) is 11.3 Å². The third-order valence-corrected chi connectivity index (χ3v) is 5.52. The molecule has 0 spiro atoms. The van der Waals surface area contributed by atoms with Crippen molar-refractivity contribution in [3.8, 4) is 11.3 Å². The third kappa shape index (κ3) is 9.29. The fraction of sp³-hybridized carbons (Fsp3) is 0.480. The smallest absolute Gasteiger partial charge is 0.234 e. The molecule has 1 saturated heterocycles. The molecule has 1 amide bonds. The summed E-state index contributed by atoms with van der Waals surface area (Å²) in [6.45, 7) is 8.65. The standard InChI is InChI=1S/C25H36N6O.HI/c1-3-13-28-24(32)19-31-15-11-22(12-16-31)30-25(26-4-2)29-18-20-8-7-9-21(17-20)23-10-5-6-14-27-23;/h5-10,14,17,22H,3-4,11-13,15-16,18-19H2,1-2H3,(H,28,32)(H2,26,29,30);1H. The first-order chi connectivity index (χ1) is 15.7. The highest BCUT2D eigenvalue weighted by atomic mass is 127. The van der Waals surface area contributed by atoms with Gasteiger partial charge < -0.3 is 16.0 Å². The molecule has 0 saturated carbocycles. The Hall–Kier alpha value is -2.20. The van der Waals surface area contributed by atoms with Crippen LogP contribution in [0, 0.1) is 0 Å². The summed E-state index contributed by atoms with van der Waals surface area (Å²) < 4.78 is 0. The van der Waals surface area contributed by atoms with Gasteiger partial charge in [0.2, 0.25) is 5.91 Å². The van der Waals surface area contributed by atoms with E-state index in [0.717, 1.165) is 68.2 Å². The number of nitrogens with zero attached hydrogens (tertiary/aromatic N) is 3. The van der Waals surface area contributed by atoms with Crippen LogP contribution >= 0.6 is 24.0 Å². The van der Waals surface area contributed by atoms with Crippen LogP contribution in [0.2, 0.25) is 0 Å². The van der Waals surface area contributed by atoms with Crippen LogP contribution in [0.3, 0.4) is 0 Å². The van der Waals surface area contributed by atoms with E-state index in [0.29, 0.717) is 19.1 Å². The summed E-state index contributed by atoms with van der Waals surface area (Å²) in [6.07, 6.45) is 4.79. The van der Waals surface area contributed by atoms with Gasteiger partial charge in [-0.05, 0) is 49.9 Å². The molecule has 3 rings (SSSR count). The Morgan fingerprint density at radius 2 is 1.94 bits per heavy atom. The van der Waals surface area contributed by atoms with Crippen molar-refractivity contribution in [1.82, 2.24) is 25.8 Å². The van der Waals surface area contributed by atoms with Crippen LogP contribution in [0.4, 0.5) is 0 Å². The van der Waals surface area contributed by atoms with Crippen LogP contribution in [0.25, 0.3) is 11.3 Å². The van der Waals surface area contributed by atoms with Gasteiger partial charge in [-0.2, -0.15) is 0 Å². The quantitative estimate of drug-likeness (QED) is 0.247. The van der Waals surface area contributed by atoms with Crippen molar-refractivity contribution in [3.63, 3.8) is 0 Å². The molecule has 1 fully saturated rings. The zero-order valence-corrected chi connectivity index (χ0v) is 22.0. The lowest BCUT2D eigenvalue weighted by Crippen LogP contribution is -2.50. The normalized spacial score (nSPS) is 14.9. The summed E-state index contributed by atoms with van der Waals surface area (Å²) in [5, 5.41) is 9.90. The summed E-state index contributed by atoms with van der Waals surface area (Å²) in [7, 11) is 0. The molecular formula is C25H37IN6O. The number of hydrogen-bond donors (Lipinski definition) is 3. The first-order valence-corrected chi connectivity index (χ1v) is 11.7. The van der Waals surface area contributed by atoms with E-state index in [1.807, 2.05) is 24.4 Å². The summed E-state index contributed by atoms with van der Waals surface area (Å²) in [5.41, 5.74) is 3.23. The number of rotatable bonds is 9. The summed E-state index contributed by atoms with van der Waals surface area (Å²) in [5.74, 6) is 0.968. The van der Waals surface area contributed by atoms with E-state index in [2.05, 4.69) is 63.9 Å². The SMILES string of the molecule is CCCNC(=O)CN1CCC(NC(=NCc2cccc(-c3ccccn3)c2)NCC)CC1.I. The number of carbonyl (C=O) groups is 1. The molecule has 8 heteroatoms. The molecule has 1 aliphatic rings. The number of benzene rings is 1. The summed E-state index contributed by atoms with van der Waals surface area (Å²) in [4.78, 5) is 23.4. The van der Waals surface area contributed by atoms with Gasteiger partial charge in [-0.3, -0.25) is 14.7 Å². The van der Waals surface area contributed by atoms with Crippen molar-refractivity contribution < 1.29 is 4.79 Å². The second-order valence-corrected chi connectivity index (χ2v) is 8.16. The molecule has 1 aromatic carbocycles. The summed E-state index contributed by atoms with van der Waals surface area (Å²) in [6, 6.07) is 14.7. The van der Waals surface area contributed by atoms with Crippen molar-refractivity contribution in [3.05, 3.63) is 54.2 Å². The fourth-order valence-corrected chi connectivity index (χ4v) is 3.81. The molecule has 0 aliphatic carbocycles. The van der Waals surface area contributed by atoms with Gasteiger partial charge >= 0.3 is 0 Å². The Labute approximate surface area is 214 Å². The van der Waals surface area contributed by atoms with Crippen LogP contribution in [0.1, 0.15) is 38.7 Å². The molecule has 3 N–H and O–H groups in total. The largest absolute Gasteiger partial charge is 0.357 e. The Bertz CT molecular complexity index is 868. The van der Waals surface area contributed by atoms with E-state index in [1.165, 1.54) is 0 Å². The minimum atomic E-state index is 0. The molecule has 7 nitrogen and oxygen atoms in total. The first-order valence-electron chi connectivity index (χ1n) is 11.7. The maximum absolute atomic E-state index is 11.9. The number of piperidine rings is 1. The molecule has 0 atom stereocenters. The molecule has 0 unspecified atom stereocenters. The van der Waals surface area contributed by atoms with E-state index < -0.39 is 0 Å². The zero-order valence-electron chi connectivity index (χ0n) is 19.7. The number of aliphatic imine (C=N–C) groups is 1. The predicted octanol–water partition coefficient (Wildman–Crippen LogP) is 3.41. The van der Waals surface area contributed by atoms with Gasteiger partial charge in [-0.15, -0.1) is 24.0 Å². The molecule has 33 heavy (non-hydrogen) atoms. The highest BCUT2D eigenvalue weighted by molar-refractivity contribution is 14.0. The fourth-order valence-electron chi connectivity index (χ4n) is 3.81. The number of carbonyl (C=O) groups excluding carboxylic acids is 1. The summed E-state index contributed by atoms with van der Waals surface area (Å²) >= 11 is 0. The van der Waals surface area contributed by atoms with Crippen molar-refractivity contribution in [1.29, 1.82) is 0 Å². The van der Waals surface area contributed by atoms with Gasteiger partial charge in [0.05, 0.1) is 18.8 Å². The number of guanidine groups is 1. The number of likely N-dealkylation sites (tertiary alicyclic amines) is 1. The lowest BCUT2D eigenvalue weighted by Gasteiger charge is -2.32. The average Bonchev–Trinajstić information content (AvgIpc) is 2.83. The maximum Gasteiger partial charge on any atom is 0.234 e. The van der Waals surface area contributed by atoms with Crippen LogP contribution in [0.15, 0.2) is 53.7 Å². The van der Waals surface area contributed by atoms with Gasteiger partial charge in [-0.1, -0.05) is 31.2 Å². The topological polar surface area (TPSA) is 81.7 Å². The van der Waals surface area contributed by atoms with E-state index >= 15 is 0 Å². The van der Waals surface area contributed by atoms with Crippen molar-refractivity contribution in [2.75, 3.05) is 32.7 Å². The highest BCUT2D eigenvalue weighted by Gasteiger charge is 2.21. The Kier molecular flexibility index (Phi) is 12.2. The molecule has 0 radical (unpaired) electrons. The molecule has 180 valence electrons. The molecule has 2 heterocycles. The van der Waals surface area contributed by atoms with Gasteiger partial charge in [0.25, 0.3) is 0 Å². The Balaban J connectivity index is 0.00000385. The molecule has 0 bridgehead atoms. The molecule has 1 aliphatic heterocycles. The van der Waals surface area contributed by atoms with Gasteiger partial charge in [-0.25, -0.2) is 4.99 Å². The predicted molar refractivity (Wildman–Crippen MR) is 146 cm³/mol. The van der Waals surface area contributed by atoms with Gasteiger partial charge in [0, 0.05) is 44.0 Å². The maximum atomic E-state index is 11.9. The monoisotopic (exact) mass is 564 g/mol. The number of pyridine rings is 1. The van der Waals surface area contributed by atoms with E-state index in [-0.39, 0.29) is 29.9 Å². The molecular weight excluding hydrogens is 527 g/mol. The Morgan fingerprint density at radius 1 is 1.12 bits per heavy atom. The second kappa shape index (κ2) is 14.8. The van der Waals surface area contributed by atoms with Crippen LogP contribution < -0.4 is 16.0 Å². The van der Waals surface area contributed by atoms with E-state index in [1.54, 1.807) is 0 Å². The van der Waals surface area contributed by atoms with Gasteiger partial charge in [0.1, 0.15) is 0 Å². The van der Waals surface area contributed by atoms with E-state index in [9.17, 15) is 4.79 Å². The first kappa shape index (κ1) is 27.0. The lowest BCUT2D eigenvalue weighted by atomic mass is 10.1. The van der Waals surface area contributed by atoms with Crippen molar-refractivity contribution in [2.45, 2.75) is 45.7 Å². The average molecular weight is 565 g/mol. The number of halogens is 1. The Morgan fingerprint density at radius 3 is 2.64 bits per heavy atom. The number of aromatic nitrogens is 1. The highest BCUT2D eigenvalue weighted by Crippen LogP contribution is 2.18. The molecule has 2 aromatic rings. The lowest BCUT2D eigenvalue weighted by molar-refractivity contribution is -0.122. The van der Waals surface area contributed by atoms with E-state index in [4.69, 9.17) is 4.99 Å². The number of nitrogens with one attached hydrogen (secondary N) is 3. The number of amides is 1. The minimum Gasteiger partial charge on any atom is -0.357 e. The second-order valence-electron chi connectivity index (χ2n) is 8.16. The van der Waals surface area contributed by atoms with Gasteiger partial charge in [0.15, 0.2) is 5.96 Å². The third-order valence-electron chi connectivity index (χ3n) is 5.52. The van der Waals surface area contributed by atoms with Crippen LogP contribution in [-0.4, -0.2) is 60.5 Å². The van der Waals surface area contributed by atoms with Crippen LogP contribution in [0.5, 0.6) is 0 Å². The molecule has 1 aromatic heterocycles.